The molecule has 2 aliphatic heterocycles. The van der Waals surface area contributed by atoms with E-state index in [0.29, 0.717) is 0 Å². The highest BCUT2D eigenvalue weighted by atomic mass is 15.1. The maximum atomic E-state index is 3.70. The lowest BCUT2D eigenvalue weighted by molar-refractivity contribution is 0.189. The largest absolute Gasteiger partial charge is 0.317 e. The Kier molecular flexibility index (Phi) is 5.75. The molecule has 0 aliphatic carbocycles. The van der Waals surface area contributed by atoms with Crippen LogP contribution in [0.4, 0.5) is 0 Å². The van der Waals surface area contributed by atoms with Gasteiger partial charge in [-0.3, -0.25) is 0 Å². The maximum Gasteiger partial charge on any atom is 0.00912 e. The molecule has 0 aromatic heterocycles. The van der Waals surface area contributed by atoms with Gasteiger partial charge >= 0.3 is 0 Å². The molecular formula is C14H29N3. The second-order valence-corrected chi connectivity index (χ2v) is 5.86. The minimum Gasteiger partial charge on any atom is -0.317 e. The van der Waals surface area contributed by atoms with E-state index in [1.807, 2.05) is 0 Å². The summed E-state index contributed by atoms with van der Waals surface area (Å²) in [5.41, 5.74) is 0. The predicted molar refractivity (Wildman–Crippen MR) is 73.3 cm³/mol. The van der Waals surface area contributed by atoms with Crippen LogP contribution in [0.2, 0.25) is 0 Å². The average molecular weight is 239 g/mol. The van der Waals surface area contributed by atoms with E-state index in [1.165, 1.54) is 71.4 Å². The third kappa shape index (κ3) is 4.94. The molecule has 3 heteroatoms. The molecule has 0 saturated carbocycles. The Hall–Kier alpha value is -0.120. The molecule has 2 N–H and O–H groups in total. The summed E-state index contributed by atoms with van der Waals surface area (Å²) in [6.45, 7) is 9.93. The molecule has 0 unspecified atom stereocenters. The van der Waals surface area contributed by atoms with Gasteiger partial charge in [0.15, 0.2) is 0 Å². The van der Waals surface area contributed by atoms with Crippen molar-refractivity contribution in [3.8, 4) is 0 Å². The lowest BCUT2D eigenvalue weighted by atomic mass is 9.99. The summed E-state index contributed by atoms with van der Waals surface area (Å²) in [5.74, 6) is 0.958. The Bertz CT molecular complexity index is 194. The van der Waals surface area contributed by atoms with Crippen molar-refractivity contribution in [1.82, 2.24) is 15.5 Å². The lowest BCUT2D eigenvalue weighted by Gasteiger charge is -2.30. The van der Waals surface area contributed by atoms with Crippen molar-refractivity contribution in [1.29, 1.82) is 0 Å². The van der Waals surface area contributed by atoms with Gasteiger partial charge in [-0.15, -0.1) is 0 Å². The van der Waals surface area contributed by atoms with Crippen molar-refractivity contribution < 1.29 is 0 Å². The highest BCUT2D eigenvalue weighted by molar-refractivity contribution is 4.75. The van der Waals surface area contributed by atoms with E-state index in [2.05, 4.69) is 22.5 Å². The normalized spacial score (nSPS) is 25.2. The first-order valence-electron chi connectivity index (χ1n) is 7.51. The Morgan fingerprint density at radius 1 is 1.12 bits per heavy atom. The summed E-state index contributed by atoms with van der Waals surface area (Å²) in [4.78, 5) is 2.64. The molecule has 2 fully saturated rings. The van der Waals surface area contributed by atoms with Gasteiger partial charge in [0, 0.05) is 6.04 Å². The highest BCUT2D eigenvalue weighted by Crippen LogP contribution is 2.15. The van der Waals surface area contributed by atoms with Crippen molar-refractivity contribution in [3.05, 3.63) is 0 Å². The molecule has 2 aliphatic rings. The molecule has 0 radical (unpaired) electrons. The molecule has 0 bridgehead atoms. The number of rotatable bonds is 5. The van der Waals surface area contributed by atoms with Crippen LogP contribution in [0.25, 0.3) is 0 Å². The number of hydrogen-bond donors (Lipinski definition) is 2. The molecule has 3 nitrogen and oxygen atoms in total. The van der Waals surface area contributed by atoms with Crippen LogP contribution in [-0.4, -0.2) is 50.2 Å². The molecule has 0 atom stereocenters. The second kappa shape index (κ2) is 7.34. The molecule has 100 valence electrons. The van der Waals surface area contributed by atoms with E-state index in [9.17, 15) is 0 Å². The summed E-state index contributed by atoms with van der Waals surface area (Å²) < 4.78 is 0. The van der Waals surface area contributed by atoms with Crippen LogP contribution in [0.3, 0.4) is 0 Å². The van der Waals surface area contributed by atoms with Crippen LogP contribution in [0, 0.1) is 5.92 Å². The topological polar surface area (TPSA) is 27.3 Å². The third-order valence-electron chi connectivity index (χ3n) is 4.30. The fourth-order valence-electron chi connectivity index (χ4n) is 2.92. The Balaban J connectivity index is 1.48. The first-order chi connectivity index (χ1) is 8.34. The predicted octanol–water partition coefficient (Wildman–Crippen LogP) is 1.45. The molecule has 0 amide bonds. The van der Waals surface area contributed by atoms with Crippen LogP contribution in [0.1, 0.15) is 39.0 Å². The Labute approximate surface area is 106 Å². The molecule has 2 rings (SSSR count). The van der Waals surface area contributed by atoms with Crippen molar-refractivity contribution in [2.24, 2.45) is 5.92 Å². The average Bonchev–Trinajstić information content (AvgIpc) is 2.38. The Morgan fingerprint density at radius 2 is 1.82 bits per heavy atom. The van der Waals surface area contributed by atoms with E-state index >= 15 is 0 Å². The zero-order valence-electron chi connectivity index (χ0n) is 11.4. The standard InChI is InChI=1S/C14H29N3/c1-13-5-11-17(12-6-13)10-2-7-16-14-3-8-15-9-4-14/h13-16H,2-12H2,1H3. The van der Waals surface area contributed by atoms with Gasteiger partial charge in [0.2, 0.25) is 0 Å². The highest BCUT2D eigenvalue weighted by Gasteiger charge is 2.15. The van der Waals surface area contributed by atoms with Crippen molar-refractivity contribution in [2.45, 2.75) is 45.1 Å². The lowest BCUT2D eigenvalue weighted by Crippen LogP contribution is -2.41. The number of nitrogens with zero attached hydrogens (tertiary/aromatic N) is 1. The smallest absolute Gasteiger partial charge is 0.00912 e. The maximum absolute atomic E-state index is 3.70. The van der Waals surface area contributed by atoms with Gasteiger partial charge in [-0.1, -0.05) is 6.92 Å². The molecule has 0 spiro atoms. The summed E-state index contributed by atoms with van der Waals surface area (Å²) in [6.07, 6.45) is 6.74. The van der Waals surface area contributed by atoms with Crippen LogP contribution >= 0.6 is 0 Å². The van der Waals surface area contributed by atoms with Crippen molar-refractivity contribution >= 4 is 0 Å². The first kappa shape index (κ1) is 13.3. The molecular weight excluding hydrogens is 210 g/mol. The monoisotopic (exact) mass is 239 g/mol. The third-order valence-corrected chi connectivity index (χ3v) is 4.30. The van der Waals surface area contributed by atoms with Crippen molar-refractivity contribution in [3.63, 3.8) is 0 Å². The number of likely N-dealkylation sites (tertiary alicyclic amines) is 1. The zero-order chi connectivity index (χ0) is 11.9. The molecule has 2 heterocycles. The second-order valence-electron chi connectivity index (χ2n) is 5.86. The number of nitrogens with one attached hydrogen (secondary N) is 2. The SMILES string of the molecule is CC1CCN(CCCNC2CCNCC2)CC1. The summed E-state index contributed by atoms with van der Waals surface area (Å²) in [5, 5.41) is 7.12. The molecule has 17 heavy (non-hydrogen) atoms. The molecule has 2 saturated heterocycles. The molecule has 0 aromatic rings. The van der Waals surface area contributed by atoms with Gasteiger partial charge in [-0.05, 0) is 77.3 Å². The fraction of sp³-hybridized carbons (Fsp3) is 1.00. The summed E-state index contributed by atoms with van der Waals surface area (Å²) >= 11 is 0. The first-order valence-corrected chi connectivity index (χ1v) is 7.51. The van der Waals surface area contributed by atoms with E-state index in [1.54, 1.807) is 0 Å². The van der Waals surface area contributed by atoms with Crippen LogP contribution in [-0.2, 0) is 0 Å². The number of piperidine rings is 2. The van der Waals surface area contributed by atoms with Crippen LogP contribution in [0.5, 0.6) is 0 Å². The fourth-order valence-corrected chi connectivity index (χ4v) is 2.92. The molecule has 0 aromatic carbocycles. The Morgan fingerprint density at radius 3 is 2.53 bits per heavy atom. The van der Waals surface area contributed by atoms with Gasteiger partial charge in [0.25, 0.3) is 0 Å². The zero-order valence-corrected chi connectivity index (χ0v) is 11.4. The quantitative estimate of drug-likeness (QED) is 0.711. The van der Waals surface area contributed by atoms with Gasteiger partial charge in [0.05, 0.1) is 0 Å². The van der Waals surface area contributed by atoms with Gasteiger partial charge in [-0.2, -0.15) is 0 Å². The number of hydrogen-bond acceptors (Lipinski definition) is 3. The van der Waals surface area contributed by atoms with E-state index in [0.717, 1.165) is 12.0 Å². The van der Waals surface area contributed by atoms with Crippen LogP contribution in [0.15, 0.2) is 0 Å². The van der Waals surface area contributed by atoms with Crippen molar-refractivity contribution in [2.75, 3.05) is 39.3 Å². The minimum atomic E-state index is 0.776. The van der Waals surface area contributed by atoms with E-state index in [4.69, 9.17) is 0 Å². The van der Waals surface area contributed by atoms with Crippen LogP contribution < -0.4 is 10.6 Å². The van der Waals surface area contributed by atoms with Gasteiger partial charge < -0.3 is 15.5 Å². The van der Waals surface area contributed by atoms with E-state index < -0.39 is 0 Å². The van der Waals surface area contributed by atoms with Gasteiger partial charge in [-0.25, -0.2) is 0 Å². The summed E-state index contributed by atoms with van der Waals surface area (Å²) in [7, 11) is 0. The van der Waals surface area contributed by atoms with Gasteiger partial charge in [0.1, 0.15) is 0 Å². The van der Waals surface area contributed by atoms with E-state index in [-0.39, 0.29) is 0 Å². The minimum absolute atomic E-state index is 0.776. The summed E-state index contributed by atoms with van der Waals surface area (Å²) in [6, 6.07) is 0.776.